The van der Waals surface area contributed by atoms with E-state index in [1.165, 1.54) is 11.6 Å². The van der Waals surface area contributed by atoms with Gasteiger partial charge in [-0.2, -0.15) is 0 Å². The molecule has 6 heteroatoms. The Morgan fingerprint density at radius 2 is 2.12 bits per heavy atom. The first-order valence-corrected chi connectivity index (χ1v) is 9.20. The van der Waals surface area contributed by atoms with Crippen LogP contribution in [0.2, 0.25) is 0 Å². The average Bonchev–Trinajstić information content (AvgIpc) is 3.11. The number of nitrogens with zero attached hydrogens (tertiary/aromatic N) is 3. The van der Waals surface area contributed by atoms with Gasteiger partial charge in [0.25, 0.3) is 0 Å². The van der Waals surface area contributed by atoms with Crippen molar-refractivity contribution in [1.82, 2.24) is 15.6 Å². The molecule has 26 heavy (non-hydrogen) atoms. The van der Waals surface area contributed by atoms with E-state index in [-0.39, 0.29) is 11.9 Å². The predicted molar refractivity (Wildman–Crippen MR) is 104 cm³/mol. The Balaban J connectivity index is 1.55. The molecule has 0 radical (unpaired) electrons. The van der Waals surface area contributed by atoms with Crippen LogP contribution in [-0.2, 0) is 6.42 Å². The van der Waals surface area contributed by atoms with Crippen molar-refractivity contribution >= 4 is 11.8 Å². The van der Waals surface area contributed by atoms with Crippen LogP contribution in [0.3, 0.4) is 0 Å². The van der Waals surface area contributed by atoms with E-state index in [1.807, 2.05) is 23.1 Å². The summed E-state index contributed by atoms with van der Waals surface area (Å²) in [7, 11) is 0. The zero-order valence-electron chi connectivity index (χ0n) is 15.2. The van der Waals surface area contributed by atoms with E-state index in [9.17, 15) is 4.39 Å². The number of benzene rings is 1. The lowest BCUT2D eigenvalue weighted by atomic mass is 10.2. The van der Waals surface area contributed by atoms with E-state index in [0.29, 0.717) is 5.82 Å². The van der Waals surface area contributed by atoms with E-state index < -0.39 is 0 Å². The fourth-order valence-corrected chi connectivity index (χ4v) is 3.14. The topological polar surface area (TPSA) is 52.6 Å². The summed E-state index contributed by atoms with van der Waals surface area (Å²) in [5.74, 6) is 0.983. The highest BCUT2D eigenvalue weighted by Crippen LogP contribution is 2.20. The lowest BCUT2D eigenvalue weighted by Gasteiger charge is -2.20. The third-order valence-electron chi connectivity index (χ3n) is 4.43. The van der Waals surface area contributed by atoms with Gasteiger partial charge in [-0.25, -0.2) is 9.37 Å². The first-order valence-electron chi connectivity index (χ1n) is 9.20. The van der Waals surface area contributed by atoms with Crippen LogP contribution < -0.4 is 15.5 Å². The number of aromatic nitrogens is 1. The number of aliphatic imine (C=N–C) groups is 1. The fraction of sp³-hybridized carbons (Fsp3) is 0.400. The second kappa shape index (κ2) is 9.17. The van der Waals surface area contributed by atoms with Gasteiger partial charge in [0.2, 0.25) is 0 Å². The highest BCUT2D eigenvalue weighted by atomic mass is 19.1. The van der Waals surface area contributed by atoms with Crippen molar-refractivity contribution in [2.45, 2.75) is 25.8 Å². The van der Waals surface area contributed by atoms with Gasteiger partial charge in [0.1, 0.15) is 0 Å². The van der Waals surface area contributed by atoms with E-state index in [2.05, 4.69) is 39.7 Å². The van der Waals surface area contributed by atoms with Crippen LogP contribution in [0.5, 0.6) is 0 Å². The van der Waals surface area contributed by atoms with Crippen molar-refractivity contribution < 1.29 is 4.39 Å². The maximum Gasteiger partial charge on any atom is 0.191 e. The largest absolute Gasteiger partial charge is 0.357 e. The van der Waals surface area contributed by atoms with E-state index in [0.717, 1.165) is 45.0 Å². The number of guanidine groups is 1. The molecule has 1 aliphatic heterocycles. The molecular weight excluding hydrogens is 329 g/mol. The van der Waals surface area contributed by atoms with Crippen molar-refractivity contribution in [3.63, 3.8) is 0 Å². The van der Waals surface area contributed by atoms with E-state index >= 15 is 0 Å². The summed E-state index contributed by atoms with van der Waals surface area (Å²) in [5.41, 5.74) is 1.28. The van der Waals surface area contributed by atoms with Crippen molar-refractivity contribution in [3.05, 3.63) is 60.0 Å². The molecular formula is C20H26FN5. The van der Waals surface area contributed by atoms with Crippen LogP contribution in [0.4, 0.5) is 10.2 Å². The maximum absolute atomic E-state index is 13.9. The summed E-state index contributed by atoms with van der Waals surface area (Å²) < 4.78 is 13.9. The van der Waals surface area contributed by atoms with Gasteiger partial charge in [-0.15, -0.1) is 0 Å². The van der Waals surface area contributed by atoms with Crippen molar-refractivity contribution in [2.24, 2.45) is 4.99 Å². The van der Waals surface area contributed by atoms with Gasteiger partial charge >= 0.3 is 0 Å². The number of anilines is 1. The number of rotatable bonds is 6. The molecule has 1 unspecified atom stereocenters. The minimum atomic E-state index is -0.267. The monoisotopic (exact) mass is 355 g/mol. The first-order chi connectivity index (χ1) is 12.8. The summed E-state index contributed by atoms with van der Waals surface area (Å²) in [6.45, 7) is 5.10. The molecule has 2 heterocycles. The smallest absolute Gasteiger partial charge is 0.191 e. The summed E-state index contributed by atoms with van der Waals surface area (Å²) in [6.07, 6.45) is 3.47. The Hall–Kier alpha value is -2.63. The number of hydrogen-bond acceptors (Lipinski definition) is 3. The van der Waals surface area contributed by atoms with Gasteiger partial charge in [-0.3, -0.25) is 4.99 Å². The molecule has 138 valence electrons. The summed E-state index contributed by atoms with van der Waals surface area (Å²) in [4.78, 5) is 10.8. The zero-order chi connectivity index (χ0) is 18.2. The van der Waals surface area contributed by atoms with Gasteiger partial charge in [0.05, 0.1) is 0 Å². The molecule has 2 N–H and O–H groups in total. The lowest BCUT2D eigenvalue weighted by molar-refractivity contribution is 0.612. The normalized spacial score (nSPS) is 17.4. The highest BCUT2D eigenvalue weighted by molar-refractivity contribution is 5.80. The quantitative estimate of drug-likeness (QED) is 0.618. The molecule has 0 aliphatic carbocycles. The van der Waals surface area contributed by atoms with E-state index in [4.69, 9.17) is 0 Å². The van der Waals surface area contributed by atoms with E-state index in [1.54, 1.807) is 12.3 Å². The average molecular weight is 355 g/mol. The number of nitrogens with one attached hydrogen (secondary N) is 2. The Kier molecular flexibility index (Phi) is 6.41. The summed E-state index contributed by atoms with van der Waals surface area (Å²) in [5, 5.41) is 6.76. The predicted octanol–water partition coefficient (Wildman–Crippen LogP) is 2.60. The number of pyridine rings is 1. The molecule has 1 aliphatic rings. The molecule has 1 aromatic heterocycles. The molecule has 2 aromatic rings. The maximum atomic E-state index is 13.9. The van der Waals surface area contributed by atoms with Crippen LogP contribution >= 0.6 is 0 Å². The molecule has 0 bridgehead atoms. The van der Waals surface area contributed by atoms with Gasteiger partial charge in [0.15, 0.2) is 17.6 Å². The standard InChI is InChI=1S/C20H26FN5/c1-2-22-20(24-13-10-16-7-4-3-5-8-16)25-17-11-14-26(15-17)19-18(21)9-6-12-23-19/h3-9,12,17H,2,10-11,13-15H2,1H3,(H2,22,24,25). The minimum absolute atomic E-state index is 0.228. The van der Waals surface area contributed by atoms with Crippen molar-refractivity contribution in [2.75, 3.05) is 31.1 Å². The third-order valence-corrected chi connectivity index (χ3v) is 4.43. The minimum Gasteiger partial charge on any atom is -0.357 e. The highest BCUT2D eigenvalue weighted by Gasteiger charge is 2.25. The fourth-order valence-electron chi connectivity index (χ4n) is 3.14. The molecule has 3 rings (SSSR count). The van der Waals surface area contributed by atoms with Gasteiger partial charge < -0.3 is 15.5 Å². The summed E-state index contributed by atoms with van der Waals surface area (Å²) in [6, 6.07) is 13.7. The van der Waals surface area contributed by atoms with Gasteiger partial charge in [-0.1, -0.05) is 30.3 Å². The second-order valence-corrected chi connectivity index (χ2v) is 6.38. The Morgan fingerprint density at radius 3 is 2.88 bits per heavy atom. The van der Waals surface area contributed by atoms with Crippen LogP contribution in [0.15, 0.2) is 53.7 Å². The Bertz CT molecular complexity index is 719. The Labute approximate surface area is 154 Å². The number of halogens is 1. The van der Waals surface area contributed by atoms with Gasteiger partial charge in [-0.05, 0) is 37.5 Å². The van der Waals surface area contributed by atoms with Crippen molar-refractivity contribution in [3.8, 4) is 0 Å². The first kappa shape index (κ1) is 18.2. The summed E-state index contributed by atoms with van der Waals surface area (Å²) >= 11 is 0. The SMILES string of the molecule is CCNC(=NCCc1ccccc1)NC1CCN(c2ncccc2F)C1. The molecule has 0 spiro atoms. The zero-order valence-corrected chi connectivity index (χ0v) is 15.2. The molecule has 5 nitrogen and oxygen atoms in total. The van der Waals surface area contributed by atoms with Crippen LogP contribution in [0.25, 0.3) is 0 Å². The number of hydrogen-bond donors (Lipinski definition) is 2. The molecule has 0 saturated carbocycles. The van der Waals surface area contributed by atoms with Crippen LogP contribution in [0.1, 0.15) is 18.9 Å². The van der Waals surface area contributed by atoms with Crippen molar-refractivity contribution in [1.29, 1.82) is 0 Å². The molecule has 1 saturated heterocycles. The van der Waals surface area contributed by atoms with Gasteiger partial charge in [0, 0.05) is 38.4 Å². The second-order valence-electron chi connectivity index (χ2n) is 6.38. The molecule has 1 fully saturated rings. The Morgan fingerprint density at radius 1 is 1.27 bits per heavy atom. The lowest BCUT2D eigenvalue weighted by Crippen LogP contribution is -2.44. The third kappa shape index (κ3) is 4.94. The van der Waals surface area contributed by atoms with Crippen LogP contribution in [-0.4, -0.2) is 43.2 Å². The molecule has 1 atom stereocenters. The molecule has 0 amide bonds. The van der Waals surface area contributed by atoms with Crippen LogP contribution in [0, 0.1) is 5.82 Å². The molecule has 1 aromatic carbocycles.